The van der Waals surface area contributed by atoms with E-state index in [4.69, 9.17) is 16.3 Å². The maximum Gasteiger partial charge on any atom is 0.144 e. The largest absolute Gasteiger partial charge is 0.377 e. The number of hydrogen-bond donors (Lipinski definition) is 1. The van der Waals surface area contributed by atoms with Gasteiger partial charge in [0.05, 0.1) is 17.7 Å². The van der Waals surface area contributed by atoms with E-state index in [9.17, 15) is 0 Å². The summed E-state index contributed by atoms with van der Waals surface area (Å²) in [5, 5.41) is 3.74. The van der Waals surface area contributed by atoms with Crippen LogP contribution in [0.4, 0.5) is 5.82 Å². The minimum absolute atomic E-state index is 0.260. The molecule has 0 aliphatic heterocycles. The van der Waals surface area contributed by atoms with E-state index < -0.39 is 0 Å². The number of pyridine rings is 1. The van der Waals surface area contributed by atoms with Crippen molar-refractivity contribution in [3.63, 3.8) is 0 Å². The fraction of sp³-hybridized carbons (Fsp3) is 0.500. The molecule has 0 aromatic carbocycles. The summed E-state index contributed by atoms with van der Waals surface area (Å²) >= 11 is 5.90. The number of hydrogen-bond acceptors (Lipinski definition) is 3. The smallest absolute Gasteiger partial charge is 0.144 e. The van der Waals surface area contributed by atoms with Crippen LogP contribution in [0.2, 0.25) is 5.02 Å². The highest BCUT2D eigenvalue weighted by Gasteiger charge is 1.98. The van der Waals surface area contributed by atoms with Gasteiger partial charge in [0.15, 0.2) is 0 Å². The highest BCUT2D eigenvalue weighted by Crippen LogP contribution is 2.16. The molecule has 0 spiro atoms. The normalized spacial score (nSPS) is 10.6. The van der Waals surface area contributed by atoms with Crippen molar-refractivity contribution in [3.05, 3.63) is 23.4 Å². The molecule has 0 fully saturated rings. The van der Waals surface area contributed by atoms with E-state index in [1.165, 1.54) is 0 Å². The number of rotatable bonds is 5. The number of halogens is 1. The molecule has 1 aromatic heterocycles. The molecule has 0 amide bonds. The summed E-state index contributed by atoms with van der Waals surface area (Å²) in [5.74, 6) is 0.710. The molecule has 1 aromatic rings. The first-order chi connectivity index (χ1) is 6.70. The number of ether oxygens (including phenoxy) is 1. The number of nitrogens with one attached hydrogen (secondary N) is 1. The Balaban J connectivity index is 2.28. The lowest BCUT2D eigenvalue weighted by Gasteiger charge is -2.09. The van der Waals surface area contributed by atoms with Crippen molar-refractivity contribution in [1.29, 1.82) is 0 Å². The van der Waals surface area contributed by atoms with Gasteiger partial charge in [-0.05, 0) is 26.0 Å². The van der Waals surface area contributed by atoms with Crippen LogP contribution in [0.1, 0.15) is 13.8 Å². The van der Waals surface area contributed by atoms with Gasteiger partial charge in [-0.3, -0.25) is 0 Å². The SMILES string of the molecule is CC(C)OCCNc1ncccc1Cl. The minimum Gasteiger partial charge on any atom is -0.377 e. The minimum atomic E-state index is 0.260. The monoisotopic (exact) mass is 214 g/mol. The molecule has 1 rings (SSSR count). The highest BCUT2D eigenvalue weighted by molar-refractivity contribution is 6.32. The summed E-state index contributed by atoms with van der Waals surface area (Å²) in [6.45, 7) is 5.39. The lowest BCUT2D eigenvalue weighted by atomic mass is 10.4. The second-order valence-electron chi connectivity index (χ2n) is 3.18. The molecule has 1 N–H and O–H groups in total. The van der Waals surface area contributed by atoms with Crippen molar-refractivity contribution < 1.29 is 4.74 Å². The molecule has 0 saturated carbocycles. The Morgan fingerprint density at radius 2 is 2.36 bits per heavy atom. The third kappa shape index (κ3) is 3.94. The second kappa shape index (κ2) is 5.83. The van der Waals surface area contributed by atoms with Crippen LogP contribution in [0.3, 0.4) is 0 Å². The molecule has 0 bridgehead atoms. The maximum atomic E-state index is 5.90. The van der Waals surface area contributed by atoms with Crippen LogP contribution in [0.25, 0.3) is 0 Å². The molecular weight excluding hydrogens is 200 g/mol. The zero-order chi connectivity index (χ0) is 10.4. The topological polar surface area (TPSA) is 34.1 Å². The van der Waals surface area contributed by atoms with Crippen LogP contribution in [0, 0.1) is 0 Å². The molecule has 14 heavy (non-hydrogen) atoms. The van der Waals surface area contributed by atoms with Gasteiger partial charge in [-0.15, -0.1) is 0 Å². The fourth-order valence-electron chi connectivity index (χ4n) is 0.980. The summed E-state index contributed by atoms with van der Waals surface area (Å²) in [6.07, 6.45) is 1.97. The number of nitrogens with zero attached hydrogens (tertiary/aromatic N) is 1. The van der Waals surface area contributed by atoms with Gasteiger partial charge in [-0.25, -0.2) is 4.98 Å². The van der Waals surface area contributed by atoms with Crippen LogP contribution in [0.15, 0.2) is 18.3 Å². The molecule has 0 aliphatic rings. The molecule has 0 radical (unpaired) electrons. The third-order valence-corrected chi connectivity index (χ3v) is 1.91. The predicted octanol–water partition coefficient (Wildman–Crippen LogP) is 2.57. The van der Waals surface area contributed by atoms with Gasteiger partial charge in [0.25, 0.3) is 0 Å². The first-order valence-corrected chi connectivity index (χ1v) is 5.04. The summed E-state index contributed by atoms with van der Waals surface area (Å²) in [6, 6.07) is 3.61. The van der Waals surface area contributed by atoms with E-state index in [-0.39, 0.29) is 6.10 Å². The standard InChI is InChI=1S/C10H15ClN2O/c1-8(2)14-7-6-13-10-9(11)4-3-5-12-10/h3-5,8H,6-7H2,1-2H3,(H,12,13). The summed E-state index contributed by atoms with van der Waals surface area (Å²) < 4.78 is 5.37. The molecular formula is C10H15ClN2O. The van der Waals surface area contributed by atoms with Crippen molar-refractivity contribution in [2.24, 2.45) is 0 Å². The van der Waals surface area contributed by atoms with E-state index in [0.717, 1.165) is 6.54 Å². The first-order valence-electron chi connectivity index (χ1n) is 4.66. The van der Waals surface area contributed by atoms with Crippen molar-refractivity contribution in [2.75, 3.05) is 18.5 Å². The van der Waals surface area contributed by atoms with E-state index in [2.05, 4.69) is 10.3 Å². The van der Waals surface area contributed by atoms with Crippen LogP contribution in [-0.2, 0) is 4.74 Å². The molecule has 0 atom stereocenters. The van der Waals surface area contributed by atoms with Gasteiger partial charge in [0.1, 0.15) is 5.82 Å². The molecule has 0 unspecified atom stereocenters. The average molecular weight is 215 g/mol. The summed E-state index contributed by atoms with van der Waals surface area (Å²) in [7, 11) is 0. The van der Waals surface area contributed by atoms with E-state index >= 15 is 0 Å². The number of anilines is 1. The summed E-state index contributed by atoms with van der Waals surface area (Å²) in [4.78, 5) is 4.10. The maximum absolute atomic E-state index is 5.90. The third-order valence-electron chi connectivity index (χ3n) is 1.60. The molecule has 1 heterocycles. The lowest BCUT2D eigenvalue weighted by molar-refractivity contribution is 0.0870. The zero-order valence-electron chi connectivity index (χ0n) is 8.46. The van der Waals surface area contributed by atoms with Crippen molar-refractivity contribution in [1.82, 2.24) is 4.98 Å². The Morgan fingerprint density at radius 3 is 3.00 bits per heavy atom. The average Bonchev–Trinajstić information content (AvgIpc) is 2.15. The predicted molar refractivity (Wildman–Crippen MR) is 58.8 cm³/mol. The Bertz CT molecular complexity index is 279. The van der Waals surface area contributed by atoms with Crippen LogP contribution in [-0.4, -0.2) is 24.2 Å². The second-order valence-corrected chi connectivity index (χ2v) is 3.59. The van der Waals surface area contributed by atoms with Gasteiger partial charge < -0.3 is 10.1 Å². The van der Waals surface area contributed by atoms with Crippen LogP contribution in [0.5, 0.6) is 0 Å². The molecule has 0 aliphatic carbocycles. The Morgan fingerprint density at radius 1 is 1.57 bits per heavy atom. The van der Waals surface area contributed by atoms with Gasteiger partial charge in [0, 0.05) is 12.7 Å². The van der Waals surface area contributed by atoms with Crippen LogP contribution < -0.4 is 5.32 Å². The van der Waals surface area contributed by atoms with Crippen molar-refractivity contribution >= 4 is 17.4 Å². The lowest BCUT2D eigenvalue weighted by Crippen LogP contribution is -2.13. The van der Waals surface area contributed by atoms with Gasteiger partial charge in [-0.2, -0.15) is 0 Å². The Kier molecular flexibility index (Phi) is 4.70. The highest BCUT2D eigenvalue weighted by atomic mass is 35.5. The van der Waals surface area contributed by atoms with Crippen molar-refractivity contribution in [3.8, 4) is 0 Å². The molecule has 4 heteroatoms. The molecule has 78 valence electrons. The Labute approximate surface area is 89.4 Å². The zero-order valence-corrected chi connectivity index (χ0v) is 9.21. The first kappa shape index (κ1) is 11.3. The number of aromatic nitrogens is 1. The summed E-state index contributed by atoms with van der Waals surface area (Å²) in [5.41, 5.74) is 0. The van der Waals surface area contributed by atoms with E-state index in [0.29, 0.717) is 17.4 Å². The molecule has 3 nitrogen and oxygen atoms in total. The van der Waals surface area contributed by atoms with E-state index in [1.54, 1.807) is 18.3 Å². The Hall–Kier alpha value is -0.800. The quantitative estimate of drug-likeness (QED) is 0.765. The van der Waals surface area contributed by atoms with Gasteiger partial charge in [0.2, 0.25) is 0 Å². The van der Waals surface area contributed by atoms with Crippen LogP contribution >= 0.6 is 11.6 Å². The van der Waals surface area contributed by atoms with Crippen molar-refractivity contribution in [2.45, 2.75) is 20.0 Å². The van der Waals surface area contributed by atoms with Gasteiger partial charge in [-0.1, -0.05) is 11.6 Å². The van der Waals surface area contributed by atoms with Gasteiger partial charge >= 0.3 is 0 Å². The fourth-order valence-corrected chi connectivity index (χ4v) is 1.17. The van der Waals surface area contributed by atoms with E-state index in [1.807, 2.05) is 13.8 Å². The molecule has 0 saturated heterocycles.